The number of nitrogens with zero attached hydrogens (tertiary/aromatic N) is 2. The molecule has 18 heavy (non-hydrogen) atoms. The van der Waals surface area contributed by atoms with Gasteiger partial charge in [-0.3, -0.25) is 4.79 Å². The van der Waals surface area contributed by atoms with Crippen molar-refractivity contribution in [3.63, 3.8) is 0 Å². The lowest BCUT2D eigenvalue weighted by Gasteiger charge is -2.22. The largest absolute Gasteiger partial charge is 0.351 e. The SMILES string of the molecule is CCSc1nnc(SC(C)C(=O)NC(C)(C)C)s1. The maximum absolute atomic E-state index is 11.9. The van der Waals surface area contributed by atoms with Crippen LogP contribution in [0.25, 0.3) is 0 Å². The molecule has 0 bridgehead atoms. The van der Waals surface area contributed by atoms with Gasteiger partial charge in [0.2, 0.25) is 5.91 Å². The van der Waals surface area contributed by atoms with E-state index in [0.29, 0.717) is 0 Å². The topological polar surface area (TPSA) is 54.9 Å². The van der Waals surface area contributed by atoms with E-state index in [9.17, 15) is 4.79 Å². The van der Waals surface area contributed by atoms with E-state index in [1.165, 1.54) is 11.8 Å². The van der Waals surface area contributed by atoms with Crippen molar-refractivity contribution in [3.8, 4) is 0 Å². The molecule has 0 aromatic carbocycles. The first kappa shape index (κ1) is 15.8. The summed E-state index contributed by atoms with van der Waals surface area (Å²) >= 11 is 4.68. The molecule has 1 N–H and O–H groups in total. The van der Waals surface area contributed by atoms with E-state index < -0.39 is 0 Å². The third-order valence-corrected chi connectivity index (χ3v) is 4.92. The van der Waals surface area contributed by atoms with Gasteiger partial charge in [0.15, 0.2) is 8.68 Å². The average molecular weight is 305 g/mol. The van der Waals surface area contributed by atoms with Crippen molar-refractivity contribution < 1.29 is 4.79 Å². The molecule has 1 amide bonds. The van der Waals surface area contributed by atoms with Gasteiger partial charge < -0.3 is 5.32 Å². The van der Waals surface area contributed by atoms with E-state index >= 15 is 0 Å². The van der Waals surface area contributed by atoms with E-state index in [1.54, 1.807) is 23.1 Å². The number of amides is 1. The van der Waals surface area contributed by atoms with E-state index in [-0.39, 0.29) is 16.7 Å². The molecular weight excluding hydrogens is 286 g/mol. The Bertz CT molecular complexity index is 400. The number of nitrogens with one attached hydrogen (secondary N) is 1. The van der Waals surface area contributed by atoms with Gasteiger partial charge in [-0.05, 0) is 33.4 Å². The molecule has 0 saturated heterocycles. The standard InChI is InChI=1S/C11H19N3OS3/c1-6-16-9-13-14-10(18-9)17-7(2)8(15)12-11(3,4)5/h7H,6H2,1-5H3,(H,12,15). The van der Waals surface area contributed by atoms with Gasteiger partial charge in [0.25, 0.3) is 0 Å². The predicted molar refractivity (Wildman–Crippen MR) is 79.5 cm³/mol. The van der Waals surface area contributed by atoms with Crippen molar-refractivity contribution in [2.75, 3.05) is 5.75 Å². The molecule has 1 rings (SSSR count). The van der Waals surface area contributed by atoms with Crippen LogP contribution in [0.15, 0.2) is 8.68 Å². The Hall–Kier alpha value is -0.270. The second-order valence-electron chi connectivity index (χ2n) is 4.77. The van der Waals surface area contributed by atoms with Crippen LogP contribution < -0.4 is 5.32 Å². The lowest BCUT2D eigenvalue weighted by atomic mass is 10.1. The molecule has 1 unspecified atom stereocenters. The maximum atomic E-state index is 11.9. The Balaban J connectivity index is 2.52. The van der Waals surface area contributed by atoms with E-state index in [2.05, 4.69) is 22.4 Å². The molecule has 102 valence electrons. The van der Waals surface area contributed by atoms with Crippen molar-refractivity contribution in [1.82, 2.24) is 15.5 Å². The molecule has 0 aliphatic rings. The summed E-state index contributed by atoms with van der Waals surface area (Å²) in [4.78, 5) is 11.9. The van der Waals surface area contributed by atoms with Crippen LogP contribution in [0.3, 0.4) is 0 Å². The van der Waals surface area contributed by atoms with Gasteiger partial charge in [-0.15, -0.1) is 10.2 Å². The van der Waals surface area contributed by atoms with E-state index in [1.807, 2.05) is 27.7 Å². The maximum Gasteiger partial charge on any atom is 0.233 e. The fraction of sp³-hybridized carbons (Fsp3) is 0.727. The van der Waals surface area contributed by atoms with Gasteiger partial charge in [-0.2, -0.15) is 0 Å². The first-order valence-electron chi connectivity index (χ1n) is 5.77. The summed E-state index contributed by atoms with van der Waals surface area (Å²) < 4.78 is 1.81. The average Bonchev–Trinajstić information content (AvgIpc) is 2.63. The van der Waals surface area contributed by atoms with Crippen LogP contribution in [0.1, 0.15) is 34.6 Å². The normalized spacial score (nSPS) is 13.4. The number of thioether (sulfide) groups is 2. The number of aromatic nitrogens is 2. The Morgan fingerprint density at radius 3 is 2.56 bits per heavy atom. The number of carbonyl (C=O) groups is 1. The highest BCUT2D eigenvalue weighted by atomic mass is 32.2. The zero-order valence-corrected chi connectivity index (χ0v) is 13.8. The third kappa shape index (κ3) is 5.58. The van der Waals surface area contributed by atoms with Crippen LogP contribution in [0.4, 0.5) is 0 Å². The Morgan fingerprint density at radius 2 is 2.00 bits per heavy atom. The molecule has 1 aromatic heterocycles. The van der Waals surface area contributed by atoms with Crippen LogP contribution >= 0.6 is 34.9 Å². The fourth-order valence-corrected chi connectivity index (χ4v) is 4.16. The summed E-state index contributed by atoms with van der Waals surface area (Å²) in [5.74, 6) is 1.02. The van der Waals surface area contributed by atoms with E-state index in [4.69, 9.17) is 0 Å². The highest BCUT2D eigenvalue weighted by molar-refractivity contribution is 8.03. The molecule has 4 nitrogen and oxygen atoms in total. The van der Waals surface area contributed by atoms with Gasteiger partial charge in [0.1, 0.15) is 0 Å². The van der Waals surface area contributed by atoms with Crippen molar-refractivity contribution in [2.45, 2.75) is 54.1 Å². The van der Waals surface area contributed by atoms with Gasteiger partial charge in [-0.1, -0.05) is 41.8 Å². The molecule has 7 heteroatoms. The summed E-state index contributed by atoms with van der Waals surface area (Å²) in [5, 5.41) is 11.0. The van der Waals surface area contributed by atoms with Crippen LogP contribution in [-0.2, 0) is 4.79 Å². The molecule has 0 saturated carbocycles. The van der Waals surface area contributed by atoms with Crippen molar-refractivity contribution in [1.29, 1.82) is 0 Å². The summed E-state index contributed by atoms with van der Waals surface area (Å²) in [6.07, 6.45) is 0. The summed E-state index contributed by atoms with van der Waals surface area (Å²) in [5.41, 5.74) is -0.198. The van der Waals surface area contributed by atoms with Gasteiger partial charge in [0.05, 0.1) is 5.25 Å². The summed E-state index contributed by atoms with van der Waals surface area (Å²) in [6.45, 7) is 9.90. The summed E-state index contributed by atoms with van der Waals surface area (Å²) in [7, 11) is 0. The highest BCUT2D eigenvalue weighted by Gasteiger charge is 2.21. The number of rotatable bonds is 5. The van der Waals surface area contributed by atoms with Gasteiger partial charge in [0, 0.05) is 5.54 Å². The smallest absolute Gasteiger partial charge is 0.233 e. The molecule has 0 spiro atoms. The molecule has 0 aliphatic carbocycles. The molecule has 1 atom stereocenters. The minimum Gasteiger partial charge on any atom is -0.351 e. The number of hydrogen-bond donors (Lipinski definition) is 1. The predicted octanol–water partition coefficient (Wildman–Crippen LogP) is 3.05. The van der Waals surface area contributed by atoms with Crippen LogP contribution in [0, 0.1) is 0 Å². The number of hydrogen-bond acceptors (Lipinski definition) is 6. The van der Waals surface area contributed by atoms with Crippen molar-refractivity contribution in [2.24, 2.45) is 0 Å². The zero-order chi connectivity index (χ0) is 13.8. The molecular formula is C11H19N3OS3. The third-order valence-electron chi connectivity index (χ3n) is 1.80. The van der Waals surface area contributed by atoms with Crippen molar-refractivity contribution in [3.05, 3.63) is 0 Å². The lowest BCUT2D eigenvalue weighted by molar-refractivity contribution is -0.121. The molecule has 1 aromatic rings. The Labute approximate surface area is 121 Å². The van der Waals surface area contributed by atoms with Crippen LogP contribution in [0.2, 0.25) is 0 Å². The minimum atomic E-state index is -0.198. The molecule has 0 radical (unpaired) electrons. The lowest BCUT2D eigenvalue weighted by Crippen LogP contribution is -2.44. The quantitative estimate of drug-likeness (QED) is 0.847. The first-order valence-corrected chi connectivity index (χ1v) is 8.45. The molecule has 0 fully saturated rings. The van der Waals surface area contributed by atoms with Gasteiger partial charge >= 0.3 is 0 Å². The summed E-state index contributed by atoms with van der Waals surface area (Å²) in [6, 6.07) is 0. The number of carbonyl (C=O) groups excluding carboxylic acids is 1. The van der Waals surface area contributed by atoms with Crippen LogP contribution in [-0.4, -0.2) is 32.6 Å². The van der Waals surface area contributed by atoms with Crippen molar-refractivity contribution >= 4 is 40.8 Å². The second-order valence-corrected chi connectivity index (χ2v) is 8.84. The fourth-order valence-electron chi connectivity index (χ4n) is 1.10. The zero-order valence-electron chi connectivity index (χ0n) is 11.3. The first-order chi connectivity index (χ1) is 8.31. The minimum absolute atomic E-state index is 0.0346. The van der Waals surface area contributed by atoms with Crippen LogP contribution in [0.5, 0.6) is 0 Å². The highest BCUT2D eigenvalue weighted by Crippen LogP contribution is 2.31. The molecule has 1 heterocycles. The Morgan fingerprint density at radius 1 is 1.39 bits per heavy atom. The van der Waals surface area contributed by atoms with E-state index in [0.717, 1.165) is 14.4 Å². The monoisotopic (exact) mass is 305 g/mol. The molecule has 0 aliphatic heterocycles. The second kappa shape index (κ2) is 6.77. The Kier molecular flexibility index (Phi) is 5.94. The van der Waals surface area contributed by atoms with Gasteiger partial charge in [-0.25, -0.2) is 0 Å².